The molecule has 0 aliphatic carbocycles. The fraction of sp³-hybridized carbons (Fsp3) is 0.294. The molecule has 0 saturated heterocycles. The molecule has 0 heterocycles. The lowest BCUT2D eigenvalue weighted by Gasteiger charge is -2.25. The molecule has 0 aromatic heterocycles. The lowest BCUT2D eigenvalue weighted by Crippen LogP contribution is -2.31. The van der Waals surface area contributed by atoms with Crippen LogP contribution in [0.3, 0.4) is 0 Å². The van der Waals surface area contributed by atoms with Gasteiger partial charge in [0.05, 0.1) is 31.9 Å². The van der Waals surface area contributed by atoms with Crippen LogP contribution in [0.25, 0.3) is 0 Å². The Morgan fingerprint density at radius 1 is 0.960 bits per heavy atom. The summed E-state index contributed by atoms with van der Waals surface area (Å²) in [5.41, 5.74) is 0.306. The van der Waals surface area contributed by atoms with Crippen molar-refractivity contribution in [2.24, 2.45) is 0 Å². The second-order valence-corrected chi connectivity index (χ2v) is 6.87. The largest absolute Gasteiger partial charge is 0.497 e. The molecule has 0 atom stereocenters. The average Bonchev–Trinajstić information content (AvgIpc) is 2.61. The highest BCUT2D eigenvalue weighted by Gasteiger charge is 2.27. The van der Waals surface area contributed by atoms with Crippen LogP contribution in [0.15, 0.2) is 41.3 Å². The summed E-state index contributed by atoms with van der Waals surface area (Å²) in [6, 6.07) is 8.34. The molecule has 0 aliphatic rings. The van der Waals surface area contributed by atoms with E-state index in [1.165, 1.54) is 33.5 Å². The molecule has 2 rings (SSSR count). The van der Waals surface area contributed by atoms with Gasteiger partial charge in [-0.2, -0.15) is 0 Å². The molecule has 0 spiro atoms. The van der Waals surface area contributed by atoms with Gasteiger partial charge < -0.3 is 14.2 Å². The van der Waals surface area contributed by atoms with E-state index in [1.54, 1.807) is 25.1 Å². The Kier molecular flexibility index (Phi) is 5.73. The van der Waals surface area contributed by atoms with Crippen LogP contribution in [0.1, 0.15) is 6.92 Å². The van der Waals surface area contributed by atoms with Crippen LogP contribution >= 0.6 is 0 Å². The number of rotatable bonds is 7. The number of sulfonamides is 1. The van der Waals surface area contributed by atoms with Crippen molar-refractivity contribution in [2.75, 3.05) is 32.2 Å². The molecule has 0 fully saturated rings. The summed E-state index contributed by atoms with van der Waals surface area (Å²) >= 11 is 0. The lowest BCUT2D eigenvalue weighted by atomic mass is 10.2. The van der Waals surface area contributed by atoms with Gasteiger partial charge in [0.25, 0.3) is 10.0 Å². The third-order valence-corrected chi connectivity index (χ3v) is 5.54. The van der Waals surface area contributed by atoms with Crippen LogP contribution in [-0.4, -0.2) is 36.3 Å². The number of ether oxygens (including phenoxy) is 3. The third kappa shape index (κ3) is 3.63. The Morgan fingerprint density at radius 3 is 2.12 bits per heavy atom. The molecule has 8 heteroatoms. The first-order valence-corrected chi connectivity index (χ1v) is 8.91. The molecule has 0 amide bonds. The maximum absolute atomic E-state index is 14.0. The molecule has 2 aromatic rings. The minimum absolute atomic E-state index is 0.0269. The van der Waals surface area contributed by atoms with E-state index in [9.17, 15) is 12.8 Å². The van der Waals surface area contributed by atoms with E-state index in [0.29, 0.717) is 17.2 Å². The van der Waals surface area contributed by atoms with Crippen molar-refractivity contribution in [3.8, 4) is 17.2 Å². The van der Waals surface area contributed by atoms with Crippen molar-refractivity contribution < 1.29 is 27.0 Å². The molecule has 6 nitrogen and oxygen atoms in total. The van der Waals surface area contributed by atoms with Gasteiger partial charge in [-0.05, 0) is 37.3 Å². The summed E-state index contributed by atoms with van der Waals surface area (Å²) < 4.78 is 56.4. The van der Waals surface area contributed by atoms with Crippen LogP contribution in [0.2, 0.25) is 0 Å². The smallest absolute Gasteiger partial charge is 0.264 e. The number of benzene rings is 2. The predicted molar refractivity (Wildman–Crippen MR) is 92.7 cm³/mol. The predicted octanol–water partition coefficient (Wildman–Crippen LogP) is 3.07. The van der Waals surface area contributed by atoms with Gasteiger partial charge in [-0.15, -0.1) is 0 Å². The lowest BCUT2D eigenvalue weighted by molar-refractivity contribution is 0.385. The molecule has 2 aromatic carbocycles. The second-order valence-electron chi connectivity index (χ2n) is 5.00. The zero-order valence-electron chi connectivity index (χ0n) is 14.4. The molecule has 0 saturated carbocycles. The summed E-state index contributed by atoms with van der Waals surface area (Å²) in [6.07, 6.45) is 0. The van der Waals surface area contributed by atoms with E-state index in [2.05, 4.69) is 0 Å². The molecule has 0 bridgehead atoms. The fourth-order valence-corrected chi connectivity index (χ4v) is 3.88. The van der Waals surface area contributed by atoms with Crippen molar-refractivity contribution in [3.05, 3.63) is 42.2 Å². The summed E-state index contributed by atoms with van der Waals surface area (Å²) in [7, 11) is 0.229. The maximum Gasteiger partial charge on any atom is 0.264 e. The average molecular weight is 369 g/mol. The van der Waals surface area contributed by atoms with E-state index in [1.807, 2.05) is 0 Å². The zero-order chi connectivity index (χ0) is 18.6. The molecule has 0 unspecified atom stereocenters. The molecule has 136 valence electrons. The summed E-state index contributed by atoms with van der Waals surface area (Å²) in [4.78, 5) is -0.183. The van der Waals surface area contributed by atoms with Crippen molar-refractivity contribution in [1.82, 2.24) is 0 Å². The van der Waals surface area contributed by atoms with Gasteiger partial charge in [0.2, 0.25) is 0 Å². The van der Waals surface area contributed by atoms with E-state index in [-0.39, 0.29) is 17.2 Å². The van der Waals surface area contributed by atoms with Gasteiger partial charge in [-0.1, -0.05) is 0 Å². The van der Waals surface area contributed by atoms with Crippen LogP contribution in [0.4, 0.5) is 10.1 Å². The van der Waals surface area contributed by atoms with Gasteiger partial charge in [-0.25, -0.2) is 12.8 Å². The standard InChI is InChI=1S/C17H20FNO5S/c1-5-19(15-10-12(22-2)6-8-17(15)24-4)25(20,21)13-7-9-16(23-3)14(18)11-13/h6-11H,5H2,1-4H3. The van der Waals surface area contributed by atoms with Gasteiger partial charge in [0.1, 0.15) is 11.5 Å². The highest BCUT2D eigenvalue weighted by molar-refractivity contribution is 7.92. The van der Waals surface area contributed by atoms with Crippen molar-refractivity contribution in [3.63, 3.8) is 0 Å². The minimum Gasteiger partial charge on any atom is -0.497 e. The zero-order valence-corrected chi connectivity index (χ0v) is 15.3. The molecular weight excluding hydrogens is 349 g/mol. The van der Waals surface area contributed by atoms with Gasteiger partial charge in [0.15, 0.2) is 11.6 Å². The van der Waals surface area contributed by atoms with E-state index in [0.717, 1.165) is 10.4 Å². The molecule has 25 heavy (non-hydrogen) atoms. The quantitative estimate of drug-likeness (QED) is 0.750. The molecule has 0 aliphatic heterocycles. The Hall–Kier alpha value is -2.48. The van der Waals surface area contributed by atoms with Crippen LogP contribution in [0, 0.1) is 5.82 Å². The molecular formula is C17H20FNO5S. The first-order chi connectivity index (χ1) is 11.9. The maximum atomic E-state index is 14.0. The summed E-state index contributed by atoms with van der Waals surface area (Å²) in [5, 5.41) is 0. The second kappa shape index (κ2) is 7.60. The number of halogens is 1. The number of hydrogen-bond acceptors (Lipinski definition) is 5. The Labute approximate surface area is 146 Å². The monoisotopic (exact) mass is 369 g/mol. The van der Waals surface area contributed by atoms with Crippen molar-refractivity contribution in [1.29, 1.82) is 0 Å². The van der Waals surface area contributed by atoms with Crippen LogP contribution < -0.4 is 18.5 Å². The number of nitrogens with zero attached hydrogens (tertiary/aromatic N) is 1. The Morgan fingerprint density at radius 2 is 1.60 bits per heavy atom. The van der Waals surface area contributed by atoms with Gasteiger partial charge in [0, 0.05) is 12.6 Å². The van der Waals surface area contributed by atoms with E-state index in [4.69, 9.17) is 14.2 Å². The van der Waals surface area contributed by atoms with Gasteiger partial charge in [-0.3, -0.25) is 4.31 Å². The van der Waals surface area contributed by atoms with Gasteiger partial charge >= 0.3 is 0 Å². The Balaban J connectivity index is 2.58. The van der Waals surface area contributed by atoms with Crippen molar-refractivity contribution in [2.45, 2.75) is 11.8 Å². The number of anilines is 1. The third-order valence-electron chi connectivity index (χ3n) is 3.65. The first kappa shape index (κ1) is 18.9. The molecule has 0 radical (unpaired) electrons. The van der Waals surface area contributed by atoms with E-state index < -0.39 is 15.8 Å². The van der Waals surface area contributed by atoms with Crippen molar-refractivity contribution >= 4 is 15.7 Å². The summed E-state index contributed by atoms with van der Waals surface area (Å²) in [6.45, 7) is 1.80. The Bertz CT molecular complexity index is 854. The topological polar surface area (TPSA) is 65.1 Å². The van der Waals surface area contributed by atoms with Crippen LogP contribution in [-0.2, 0) is 10.0 Å². The fourth-order valence-electron chi connectivity index (χ4n) is 2.40. The number of hydrogen-bond donors (Lipinski definition) is 0. The van der Waals surface area contributed by atoms with Crippen LogP contribution in [0.5, 0.6) is 17.2 Å². The summed E-state index contributed by atoms with van der Waals surface area (Å²) in [5.74, 6) is 0.0590. The normalized spacial score (nSPS) is 11.1. The first-order valence-electron chi connectivity index (χ1n) is 7.47. The highest BCUT2D eigenvalue weighted by Crippen LogP contribution is 2.36. The highest BCUT2D eigenvalue weighted by atomic mass is 32.2. The van der Waals surface area contributed by atoms with E-state index >= 15 is 0 Å². The minimum atomic E-state index is -4.01. The number of methoxy groups -OCH3 is 3. The molecule has 0 N–H and O–H groups in total. The SMILES string of the molecule is CCN(c1cc(OC)ccc1OC)S(=O)(=O)c1ccc(OC)c(F)c1.